The normalized spacial score (nSPS) is 11.1. The van der Waals surface area contributed by atoms with E-state index >= 15 is 0 Å². The van der Waals surface area contributed by atoms with Crippen molar-refractivity contribution in [2.45, 2.75) is 33.7 Å². The Morgan fingerprint density at radius 1 is 1.22 bits per heavy atom. The van der Waals surface area contributed by atoms with Gasteiger partial charge >= 0.3 is 6.03 Å². The molecule has 1 aromatic carbocycles. The minimum absolute atomic E-state index is 0.0483. The number of aryl methyl sites for hydroxylation is 1. The Balaban J connectivity index is 1.58. The molecule has 0 saturated carbocycles. The van der Waals surface area contributed by atoms with Crippen LogP contribution in [0.1, 0.15) is 30.8 Å². The minimum atomic E-state index is -0.0483. The zero-order valence-electron chi connectivity index (χ0n) is 16.2. The van der Waals surface area contributed by atoms with E-state index in [0.717, 1.165) is 28.0 Å². The largest absolute Gasteiger partial charge is 0.342 e. The van der Waals surface area contributed by atoms with Gasteiger partial charge in [0, 0.05) is 38.4 Å². The quantitative estimate of drug-likeness (QED) is 0.671. The number of urea groups is 1. The number of hydrogen-bond donors (Lipinski definition) is 2. The molecule has 142 valence electrons. The summed E-state index contributed by atoms with van der Waals surface area (Å²) in [5.74, 6) is 1.29. The summed E-state index contributed by atoms with van der Waals surface area (Å²) >= 11 is 0. The van der Waals surface area contributed by atoms with Crippen molar-refractivity contribution in [2.24, 2.45) is 5.92 Å². The smallest absolute Gasteiger partial charge is 0.317 e. The van der Waals surface area contributed by atoms with Crippen LogP contribution in [0.25, 0.3) is 11.0 Å². The van der Waals surface area contributed by atoms with E-state index in [1.807, 2.05) is 29.2 Å². The highest BCUT2D eigenvalue weighted by Gasteiger charge is 2.15. The predicted octanol–water partition coefficient (Wildman–Crippen LogP) is 3.68. The fraction of sp³-hybridized carbons (Fsp3) is 0.381. The van der Waals surface area contributed by atoms with E-state index in [4.69, 9.17) is 0 Å². The number of fused-ring (bicyclic) bond motifs is 1. The second kappa shape index (κ2) is 8.66. The van der Waals surface area contributed by atoms with Crippen molar-refractivity contribution < 1.29 is 4.79 Å². The van der Waals surface area contributed by atoms with Gasteiger partial charge < -0.3 is 15.2 Å². The fourth-order valence-electron chi connectivity index (χ4n) is 3.11. The van der Waals surface area contributed by atoms with Crippen LogP contribution in [0.3, 0.4) is 0 Å². The third-order valence-electron chi connectivity index (χ3n) is 4.40. The van der Waals surface area contributed by atoms with Gasteiger partial charge in [0.15, 0.2) is 0 Å². The first kappa shape index (κ1) is 18.9. The number of H-pyrrole nitrogens is 1. The molecule has 0 bridgehead atoms. The van der Waals surface area contributed by atoms with E-state index in [2.05, 4.69) is 47.1 Å². The summed E-state index contributed by atoms with van der Waals surface area (Å²) in [7, 11) is 0. The fourth-order valence-corrected chi connectivity index (χ4v) is 3.11. The maximum absolute atomic E-state index is 12.7. The lowest BCUT2D eigenvalue weighted by Gasteiger charge is -2.25. The zero-order chi connectivity index (χ0) is 19.2. The summed E-state index contributed by atoms with van der Waals surface area (Å²) in [6.07, 6.45) is 4.18. The molecule has 0 saturated heterocycles. The molecule has 2 amide bonds. The molecule has 6 heteroatoms. The Labute approximate surface area is 160 Å². The Hall–Kier alpha value is -2.89. The van der Waals surface area contributed by atoms with Gasteiger partial charge in [0.2, 0.25) is 0 Å². The predicted molar refractivity (Wildman–Crippen MR) is 107 cm³/mol. The van der Waals surface area contributed by atoms with Crippen molar-refractivity contribution in [3.63, 3.8) is 0 Å². The second-order valence-electron chi connectivity index (χ2n) is 7.27. The molecule has 0 radical (unpaired) electrons. The summed E-state index contributed by atoms with van der Waals surface area (Å²) in [4.78, 5) is 26.5. The first-order chi connectivity index (χ1) is 13.0. The molecule has 0 aliphatic rings. The number of nitrogens with zero attached hydrogens (tertiary/aromatic N) is 3. The Kier molecular flexibility index (Phi) is 6.06. The number of carbonyl (C=O) groups is 1. The summed E-state index contributed by atoms with van der Waals surface area (Å²) in [6, 6.07) is 9.93. The van der Waals surface area contributed by atoms with Crippen molar-refractivity contribution >= 4 is 17.1 Å². The molecule has 0 aliphatic carbocycles. The molecule has 27 heavy (non-hydrogen) atoms. The molecular formula is C21H27N5O. The van der Waals surface area contributed by atoms with Gasteiger partial charge in [-0.3, -0.25) is 4.98 Å². The SMILES string of the molecule is Cc1cccc2[nH]c(CCNC(=O)N(Cc3ccncc3)CC(C)C)nc12. The topological polar surface area (TPSA) is 73.9 Å². The first-order valence-corrected chi connectivity index (χ1v) is 9.39. The van der Waals surface area contributed by atoms with Crippen LogP contribution in [-0.4, -0.2) is 39.0 Å². The number of rotatable bonds is 7. The molecule has 2 heterocycles. The number of aromatic nitrogens is 3. The van der Waals surface area contributed by atoms with Crippen LogP contribution >= 0.6 is 0 Å². The average molecular weight is 365 g/mol. The Morgan fingerprint density at radius 2 is 2.00 bits per heavy atom. The van der Waals surface area contributed by atoms with Gasteiger partial charge in [-0.15, -0.1) is 0 Å². The molecular weight excluding hydrogens is 338 g/mol. The van der Waals surface area contributed by atoms with E-state index in [9.17, 15) is 4.79 Å². The summed E-state index contributed by atoms with van der Waals surface area (Å²) < 4.78 is 0. The lowest BCUT2D eigenvalue weighted by molar-refractivity contribution is 0.188. The Bertz CT molecular complexity index is 888. The minimum Gasteiger partial charge on any atom is -0.342 e. The molecule has 0 aliphatic heterocycles. The third kappa shape index (κ3) is 5.06. The number of aromatic amines is 1. The van der Waals surface area contributed by atoms with Crippen LogP contribution in [0, 0.1) is 12.8 Å². The van der Waals surface area contributed by atoms with E-state index in [1.165, 1.54) is 0 Å². The lowest BCUT2D eigenvalue weighted by Crippen LogP contribution is -2.42. The van der Waals surface area contributed by atoms with Gasteiger partial charge in [-0.25, -0.2) is 9.78 Å². The highest BCUT2D eigenvalue weighted by atomic mass is 16.2. The highest BCUT2D eigenvalue weighted by molar-refractivity contribution is 5.78. The van der Waals surface area contributed by atoms with Crippen LogP contribution < -0.4 is 5.32 Å². The monoisotopic (exact) mass is 365 g/mol. The van der Waals surface area contributed by atoms with Gasteiger partial charge in [0.25, 0.3) is 0 Å². The molecule has 2 N–H and O–H groups in total. The summed E-state index contributed by atoms with van der Waals surface area (Å²) in [6.45, 7) is 8.11. The average Bonchev–Trinajstić information content (AvgIpc) is 3.06. The number of hydrogen-bond acceptors (Lipinski definition) is 3. The zero-order valence-corrected chi connectivity index (χ0v) is 16.2. The van der Waals surface area contributed by atoms with Gasteiger partial charge in [0.05, 0.1) is 11.0 Å². The van der Waals surface area contributed by atoms with Crippen LogP contribution in [-0.2, 0) is 13.0 Å². The summed E-state index contributed by atoms with van der Waals surface area (Å²) in [5.41, 5.74) is 4.27. The van der Waals surface area contributed by atoms with E-state index < -0.39 is 0 Å². The molecule has 0 spiro atoms. The molecule has 0 atom stereocenters. The molecule has 0 unspecified atom stereocenters. The van der Waals surface area contributed by atoms with Gasteiger partial charge in [0.1, 0.15) is 5.82 Å². The van der Waals surface area contributed by atoms with Gasteiger partial charge in [-0.05, 0) is 42.2 Å². The van der Waals surface area contributed by atoms with Crippen molar-refractivity contribution in [1.29, 1.82) is 0 Å². The number of amides is 2. The lowest BCUT2D eigenvalue weighted by atomic mass is 10.2. The van der Waals surface area contributed by atoms with Crippen LogP contribution in [0.15, 0.2) is 42.7 Å². The number of para-hydroxylation sites is 1. The van der Waals surface area contributed by atoms with Crippen molar-refractivity contribution in [2.75, 3.05) is 13.1 Å². The number of nitrogens with one attached hydrogen (secondary N) is 2. The number of benzene rings is 1. The Morgan fingerprint density at radius 3 is 2.70 bits per heavy atom. The van der Waals surface area contributed by atoms with Crippen molar-refractivity contribution in [3.8, 4) is 0 Å². The van der Waals surface area contributed by atoms with Gasteiger partial charge in [-0.2, -0.15) is 0 Å². The number of carbonyl (C=O) groups excluding carboxylic acids is 1. The van der Waals surface area contributed by atoms with E-state index in [0.29, 0.717) is 32.0 Å². The molecule has 6 nitrogen and oxygen atoms in total. The van der Waals surface area contributed by atoms with Crippen molar-refractivity contribution in [3.05, 3.63) is 59.7 Å². The third-order valence-corrected chi connectivity index (χ3v) is 4.40. The molecule has 3 rings (SSSR count). The molecule has 0 fully saturated rings. The second-order valence-corrected chi connectivity index (χ2v) is 7.27. The van der Waals surface area contributed by atoms with Gasteiger partial charge in [-0.1, -0.05) is 26.0 Å². The first-order valence-electron chi connectivity index (χ1n) is 9.39. The summed E-state index contributed by atoms with van der Waals surface area (Å²) in [5, 5.41) is 3.03. The standard InChI is InChI=1S/C21H27N5O/c1-15(2)13-26(14-17-7-10-22-11-8-17)21(27)23-12-9-19-24-18-6-4-5-16(3)20(18)25-19/h4-8,10-11,15H,9,12-14H2,1-3H3,(H,23,27)(H,24,25). The maximum atomic E-state index is 12.7. The number of imidazole rings is 1. The molecule has 3 aromatic rings. The van der Waals surface area contributed by atoms with Crippen LogP contribution in [0.5, 0.6) is 0 Å². The van der Waals surface area contributed by atoms with Crippen molar-refractivity contribution in [1.82, 2.24) is 25.2 Å². The van der Waals surface area contributed by atoms with E-state index in [-0.39, 0.29) is 6.03 Å². The van der Waals surface area contributed by atoms with E-state index in [1.54, 1.807) is 12.4 Å². The van der Waals surface area contributed by atoms with Crippen LogP contribution in [0.4, 0.5) is 4.79 Å². The number of pyridine rings is 1. The molecule has 2 aromatic heterocycles. The highest BCUT2D eigenvalue weighted by Crippen LogP contribution is 2.15. The van der Waals surface area contributed by atoms with Crippen LogP contribution in [0.2, 0.25) is 0 Å². The maximum Gasteiger partial charge on any atom is 0.317 e.